The predicted octanol–water partition coefficient (Wildman–Crippen LogP) is 10.9. The third-order valence-corrected chi connectivity index (χ3v) is 9.68. The lowest BCUT2D eigenvalue weighted by Gasteiger charge is -2.33. The zero-order valence-electron chi connectivity index (χ0n) is 26.7. The summed E-state index contributed by atoms with van der Waals surface area (Å²) in [5.41, 5.74) is 14.9. The van der Waals surface area contributed by atoms with Gasteiger partial charge in [0.1, 0.15) is 0 Å². The Hall–Kier alpha value is -6.45. The van der Waals surface area contributed by atoms with Crippen molar-refractivity contribution in [3.05, 3.63) is 211 Å². The van der Waals surface area contributed by atoms with Gasteiger partial charge in [0.15, 0.2) is 0 Å². The molecule has 3 aromatic heterocycles. The molecule has 0 unspecified atom stereocenters. The van der Waals surface area contributed by atoms with E-state index in [2.05, 4.69) is 157 Å². The molecule has 230 valence electrons. The molecular weight excluding hydrogens is 595 g/mol. The minimum atomic E-state index is -0.407. The van der Waals surface area contributed by atoms with Gasteiger partial charge in [-0.2, -0.15) is 0 Å². The molecule has 0 atom stereocenters. The Morgan fingerprint density at radius 2 is 0.939 bits per heavy atom. The smallest absolute Gasteiger partial charge is 0.0900 e. The molecule has 3 nitrogen and oxygen atoms in total. The highest BCUT2D eigenvalue weighted by atomic mass is 14.8. The largest absolute Gasteiger partial charge is 0.255 e. The van der Waals surface area contributed by atoms with E-state index in [0.29, 0.717) is 0 Å². The van der Waals surface area contributed by atoms with Gasteiger partial charge in [0.25, 0.3) is 0 Å². The maximum Gasteiger partial charge on any atom is 0.0900 e. The van der Waals surface area contributed by atoms with Gasteiger partial charge < -0.3 is 0 Å². The Balaban J connectivity index is 1.15. The molecule has 5 aromatic carbocycles. The fraction of sp³-hybridized carbons (Fsp3) is 0.0217. The van der Waals surface area contributed by atoms with Crippen molar-refractivity contribution < 1.29 is 0 Å². The molecule has 1 aliphatic carbocycles. The van der Waals surface area contributed by atoms with Crippen LogP contribution < -0.4 is 0 Å². The van der Waals surface area contributed by atoms with E-state index < -0.39 is 5.41 Å². The number of fused-ring (bicyclic) bond motifs is 3. The average molecular weight is 626 g/mol. The van der Waals surface area contributed by atoms with Crippen LogP contribution in [0.15, 0.2) is 188 Å². The number of aromatic nitrogens is 3. The van der Waals surface area contributed by atoms with Gasteiger partial charge in [-0.25, -0.2) is 4.98 Å². The fourth-order valence-corrected chi connectivity index (χ4v) is 7.45. The van der Waals surface area contributed by atoms with Gasteiger partial charge in [-0.3, -0.25) is 9.97 Å². The van der Waals surface area contributed by atoms with Crippen LogP contribution >= 0.6 is 0 Å². The quantitative estimate of drug-likeness (QED) is 0.185. The van der Waals surface area contributed by atoms with Crippen LogP contribution in [0, 0.1) is 0 Å². The van der Waals surface area contributed by atoms with Crippen molar-refractivity contribution >= 4 is 0 Å². The molecule has 3 heteroatoms. The van der Waals surface area contributed by atoms with Crippen molar-refractivity contribution in [2.24, 2.45) is 0 Å². The van der Waals surface area contributed by atoms with E-state index in [1.54, 1.807) is 6.20 Å². The second-order valence-electron chi connectivity index (χ2n) is 12.4. The number of rotatable bonds is 6. The summed E-state index contributed by atoms with van der Waals surface area (Å²) in [6, 6.07) is 62.3. The van der Waals surface area contributed by atoms with Gasteiger partial charge in [0.05, 0.1) is 28.2 Å². The summed E-state index contributed by atoms with van der Waals surface area (Å²) in [5.74, 6) is 0. The van der Waals surface area contributed by atoms with E-state index in [-0.39, 0.29) is 0 Å². The molecule has 0 saturated carbocycles. The van der Waals surface area contributed by atoms with Gasteiger partial charge in [0, 0.05) is 18.0 Å². The zero-order chi connectivity index (χ0) is 32.6. The van der Waals surface area contributed by atoms with Crippen molar-refractivity contribution in [3.8, 4) is 56.2 Å². The van der Waals surface area contributed by atoms with E-state index in [1.165, 1.54) is 33.4 Å². The van der Waals surface area contributed by atoms with Gasteiger partial charge >= 0.3 is 0 Å². The van der Waals surface area contributed by atoms with Gasteiger partial charge in [-0.05, 0) is 86.5 Å². The molecule has 0 radical (unpaired) electrons. The van der Waals surface area contributed by atoms with Crippen molar-refractivity contribution in [2.45, 2.75) is 5.41 Å². The van der Waals surface area contributed by atoms with Crippen LogP contribution in [-0.4, -0.2) is 15.0 Å². The van der Waals surface area contributed by atoms with Crippen molar-refractivity contribution in [1.82, 2.24) is 15.0 Å². The molecule has 49 heavy (non-hydrogen) atoms. The second kappa shape index (κ2) is 12.0. The zero-order valence-corrected chi connectivity index (χ0v) is 26.7. The minimum absolute atomic E-state index is 0.407. The SMILES string of the molecule is c1ccc(-c2cc(-c3ccccn3)nc(-c3ccc(-c4ccc5c(c4)-c4ccccc4C5(c4ccccc4)c4ccccc4)cn3)c2)cc1. The first-order valence-corrected chi connectivity index (χ1v) is 16.6. The highest BCUT2D eigenvalue weighted by Gasteiger charge is 2.45. The molecule has 0 bridgehead atoms. The van der Waals surface area contributed by atoms with Crippen LogP contribution in [-0.2, 0) is 5.41 Å². The van der Waals surface area contributed by atoms with Gasteiger partial charge in [-0.15, -0.1) is 0 Å². The van der Waals surface area contributed by atoms with Crippen LogP contribution in [0.25, 0.3) is 56.2 Å². The molecule has 0 spiro atoms. The number of pyridine rings is 3. The fourth-order valence-electron chi connectivity index (χ4n) is 7.45. The Kier molecular flexibility index (Phi) is 7.02. The molecular formula is C46H31N3. The normalized spacial score (nSPS) is 12.7. The molecule has 0 saturated heterocycles. The Bertz CT molecular complexity index is 2310. The van der Waals surface area contributed by atoms with E-state index >= 15 is 0 Å². The van der Waals surface area contributed by atoms with Gasteiger partial charge in [0.2, 0.25) is 0 Å². The molecule has 0 N–H and O–H groups in total. The predicted molar refractivity (Wildman–Crippen MR) is 199 cm³/mol. The van der Waals surface area contributed by atoms with Crippen LogP contribution in [0.5, 0.6) is 0 Å². The number of hydrogen-bond donors (Lipinski definition) is 0. The summed E-state index contributed by atoms with van der Waals surface area (Å²) >= 11 is 0. The van der Waals surface area contributed by atoms with E-state index in [0.717, 1.165) is 45.0 Å². The molecule has 0 amide bonds. The molecule has 3 heterocycles. The van der Waals surface area contributed by atoms with Gasteiger partial charge in [-0.1, -0.05) is 140 Å². The van der Waals surface area contributed by atoms with Crippen molar-refractivity contribution in [1.29, 1.82) is 0 Å². The topological polar surface area (TPSA) is 38.7 Å². The summed E-state index contributed by atoms with van der Waals surface area (Å²) in [7, 11) is 0. The monoisotopic (exact) mass is 625 g/mol. The lowest BCUT2D eigenvalue weighted by molar-refractivity contribution is 0.768. The first-order valence-electron chi connectivity index (χ1n) is 16.6. The van der Waals surface area contributed by atoms with Crippen molar-refractivity contribution in [2.75, 3.05) is 0 Å². The van der Waals surface area contributed by atoms with Crippen LogP contribution in [0.2, 0.25) is 0 Å². The van der Waals surface area contributed by atoms with E-state index in [4.69, 9.17) is 9.97 Å². The third kappa shape index (κ3) is 4.87. The van der Waals surface area contributed by atoms with Crippen molar-refractivity contribution in [3.63, 3.8) is 0 Å². The highest BCUT2D eigenvalue weighted by Crippen LogP contribution is 2.56. The van der Waals surface area contributed by atoms with Crippen LogP contribution in [0.4, 0.5) is 0 Å². The Morgan fingerprint density at radius 1 is 0.347 bits per heavy atom. The average Bonchev–Trinajstić information content (AvgIpc) is 3.49. The lowest BCUT2D eigenvalue weighted by Crippen LogP contribution is -2.28. The number of benzene rings is 5. The molecule has 8 aromatic rings. The maximum absolute atomic E-state index is 5.02. The van der Waals surface area contributed by atoms with E-state index in [9.17, 15) is 0 Å². The molecule has 0 aliphatic heterocycles. The minimum Gasteiger partial charge on any atom is -0.255 e. The highest BCUT2D eigenvalue weighted by molar-refractivity contribution is 5.89. The van der Waals surface area contributed by atoms with E-state index in [1.807, 2.05) is 30.5 Å². The molecule has 9 rings (SSSR count). The first kappa shape index (κ1) is 28.7. The summed E-state index contributed by atoms with van der Waals surface area (Å²) < 4.78 is 0. The summed E-state index contributed by atoms with van der Waals surface area (Å²) in [4.78, 5) is 14.6. The third-order valence-electron chi connectivity index (χ3n) is 9.68. The summed E-state index contributed by atoms with van der Waals surface area (Å²) in [6.07, 6.45) is 3.77. The van der Waals surface area contributed by atoms with Crippen LogP contribution in [0.3, 0.4) is 0 Å². The first-order chi connectivity index (χ1) is 24.3. The standard InChI is InChI=1S/C46H31N3/c1-4-14-32(15-5-1)35-29-44(42-22-12-13-27-47-42)49-45(30-35)43-26-24-34(31-48-43)33-23-25-41-39(28-33)38-20-10-11-21-40(38)46(41,36-16-6-2-7-17-36)37-18-8-3-9-19-37/h1-31H. The van der Waals surface area contributed by atoms with Crippen LogP contribution in [0.1, 0.15) is 22.3 Å². The second-order valence-corrected chi connectivity index (χ2v) is 12.4. The summed E-state index contributed by atoms with van der Waals surface area (Å²) in [5, 5.41) is 0. The number of hydrogen-bond acceptors (Lipinski definition) is 3. The number of nitrogens with zero attached hydrogens (tertiary/aromatic N) is 3. The Labute approximate surface area is 286 Å². The Morgan fingerprint density at radius 3 is 1.59 bits per heavy atom. The molecule has 0 fully saturated rings. The maximum atomic E-state index is 5.02. The molecule has 1 aliphatic rings. The summed E-state index contributed by atoms with van der Waals surface area (Å²) in [6.45, 7) is 0. The lowest BCUT2D eigenvalue weighted by atomic mass is 9.67.